The van der Waals surface area contributed by atoms with Crippen molar-refractivity contribution in [2.75, 3.05) is 26.2 Å². The van der Waals surface area contributed by atoms with Gasteiger partial charge in [0.2, 0.25) is 10.0 Å². The molecule has 2 amide bonds. The topological polar surface area (TPSA) is 69.7 Å². The molecule has 0 radical (unpaired) electrons. The molecule has 3 aliphatic rings. The number of amides is 2. The van der Waals surface area contributed by atoms with E-state index in [-0.39, 0.29) is 50.8 Å². The zero-order chi connectivity index (χ0) is 16.8. The molecule has 1 aliphatic carbocycles. The highest BCUT2D eigenvalue weighted by Gasteiger charge is 2.48. The largest absolute Gasteiger partial charge is 0.391 e. The highest BCUT2D eigenvalue weighted by molar-refractivity contribution is 7.89. The number of rotatable bonds is 3. The van der Waals surface area contributed by atoms with E-state index in [9.17, 15) is 26.4 Å². The maximum atomic E-state index is 12.7. The number of halogens is 3. The standard InChI is InChI=1S/C13H20F3N3O3S/c14-13(15,16)9-1-3-11(4-2-9)23(21,22)18-7-10(8-18)19-6-5-17-12(19)20/h9-11H,1-8H2,(H,17,20). The zero-order valence-electron chi connectivity index (χ0n) is 12.6. The molecule has 1 N–H and O–H groups in total. The van der Waals surface area contributed by atoms with Crippen LogP contribution in [0, 0.1) is 5.92 Å². The van der Waals surface area contributed by atoms with Crippen molar-refractivity contribution in [3.8, 4) is 0 Å². The molecule has 0 bridgehead atoms. The van der Waals surface area contributed by atoms with Crippen molar-refractivity contribution in [2.45, 2.75) is 43.2 Å². The first kappa shape index (κ1) is 16.8. The lowest BCUT2D eigenvalue weighted by molar-refractivity contribution is -0.181. The summed E-state index contributed by atoms with van der Waals surface area (Å²) in [7, 11) is -3.57. The van der Waals surface area contributed by atoms with E-state index in [1.54, 1.807) is 4.90 Å². The SMILES string of the molecule is O=C1NCCN1C1CN(S(=O)(=O)C2CCC(C(F)(F)F)CC2)C1. The molecule has 23 heavy (non-hydrogen) atoms. The van der Waals surface area contributed by atoms with Crippen LogP contribution in [0.2, 0.25) is 0 Å². The summed E-state index contributed by atoms with van der Waals surface area (Å²) in [6.45, 7) is 1.61. The Hall–Kier alpha value is -1.03. The molecule has 0 aromatic carbocycles. The molecule has 3 rings (SSSR count). The molecule has 2 aliphatic heterocycles. The van der Waals surface area contributed by atoms with Crippen LogP contribution in [0.4, 0.5) is 18.0 Å². The number of sulfonamides is 1. The van der Waals surface area contributed by atoms with Crippen LogP contribution in [0.1, 0.15) is 25.7 Å². The number of nitrogens with zero attached hydrogens (tertiary/aromatic N) is 2. The minimum absolute atomic E-state index is 0.0534. The first-order valence-electron chi connectivity index (χ1n) is 7.79. The molecule has 0 aromatic heterocycles. The number of alkyl halides is 3. The van der Waals surface area contributed by atoms with Gasteiger partial charge in [-0.1, -0.05) is 0 Å². The third-order valence-electron chi connectivity index (χ3n) is 5.08. The van der Waals surface area contributed by atoms with Crippen molar-refractivity contribution >= 4 is 16.1 Å². The second-order valence-electron chi connectivity index (χ2n) is 6.46. The molecule has 0 spiro atoms. The fourth-order valence-corrected chi connectivity index (χ4v) is 5.60. The van der Waals surface area contributed by atoms with Gasteiger partial charge in [-0.3, -0.25) is 0 Å². The number of carbonyl (C=O) groups is 1. The maximum absolute atomic E-state index is 12.7. The smallest absolute Gasteiger partial charge is 0.336 e. The van der Waals surface area contributed by atoms with Gasteiger partial charge in [-0.15, -0.1) is 0 Å². The monoisotopic (exact) mass is 355 g/mol. The Balaban J connectivity index is 1.54. The van der Waals surface area contributed by atoms with Crippen LogP contribution in [0.25, 0.3) is 0 Å². The Morgan fingerprint density at radius 2 is 1.70 bits per heavy atom. The molecule has 2 saturated heterocycles. The molecule has 6 nitrogen and oxygen atoms in total. The normalized spacial score (nSPS) is 31.1. The quantitative estimate of drug-likeness (QED) is 0.826. The first-order valence-corrected chi connectivity index (χ1v) is 9.30. The van der Waals surface area contributed by atoms with E-state index >= 15 is 0 Å². The summed E-state index contributed by atoms with van der Waals surface area (Å²) in [5.74, 6) is -1.38. The van der Waals surface area contributed by atoms with E-state index in [0.717, 1.165) is 0 Å². The van der Waals surface area contributed by atoms with Crippen molar-refractivity contribution in [2.24, 2.45) is 5.92 Å². The van der Waals surface area contributed by atoms with E-state index < -0.39 is 27.4 Å². The molecule has 3 fully saturated rings. The van der Waals surface area contributed by atoms with Gasteiger partial charge in [-0.2, -0.15) is 17.5 Å². The Bertz CT molecular complexity index is 567. The van der Waals surface area contributed by atoms with Crippen LogP contribution >= 0.6 is 0 Å². The molecule has 2 heterocycles. The predicted octanol–water partition coefficient (Wildman–Crippen LogP) is 1.15. The lowest BCUT2D eigenvalue weighted by atomic mass is 9.88. The zero-order valence-corrected chi connectivity index (χ0v) is 13.4. The number of urea groups is 1. The lowest BCUT2D eigenvalue weighted by Crippen LogP contribution is -2.63. The molecule has 0 unspecified atom stereocenters. The van der Waals surface area contributed by atoms with Gasteiger partial charge in [0.1, 0.15) is 0 Å². The third kappa shape index (κ3) is 3.15. The van der Waals surface area contributed by atoms with Crippen molar-refractivity contribution in [1.82, 2.24) is 14.5 Å². The summed E-state index contributed by atoms with van der Waals surface area (Å²) in [4.78, 5) is 13.2. The van der Waals surface area contributed by atoms with Gasteiger partial charge < -0.3 is 10.2 Å². The summed E-state index contributed by atoms with van der Waals surface area (Å²) in [6, 6.07) is -0.309. The van der Waals surface area contributed by atoms with Crippen LogP contribution in [-0.4, -0.2) is 67.3 Å². The summed E-state index contributed by atoms with van der Waals surface area (Å²) in [5.41, 5.74) is 0. The Kier molecular flexibility index (Phi) is 4.24. The highest BCUT2D eigenvalue weighted by atomic mass is 32.2. The second-order valence-corrected chi connectivity index (χ2v) is 8.67. The van der Waals surface area contributed by atoms with Gasteiger partial charge in [0.05, 0.1) is 17.2 Å². The van der Waals surface area contributed by atoms with E-state index in [4.69, 9.17) is 0 Å². The van der Waals surface area contributed by atoms with E-state index in [1.165, 1.54) is 4.31 Å². The van der Waals surface area contributed by atoms with Gasteiger partial charge in [0.25, 0.3) is 0 Å². The third-order valence-corrected chi connectivity index (χ3v) is 7.41. The van der Waals surface area contributed by atoms with Crippen LogP contribution in [-0.2, 0) is 10.0 Å². The van der Waals surface area contributed by atoms with Gasteiger partial charge in [-0.05, 0) is 25.7 Å². The van der Waals surface area contributed by atoms with Crippen LogP contribution in [0.5, 0.6) is 0 Å². The van der Waals surface area contributed by atoms with E-state index in [1.807, 2.05) is 0 Å². The van der Waals surface area contributed by atoms with Crippen LogP contribution < -0.4 is 5.32 Å². The van der Waals surface area contributed by atoms with Crippen molar-refractivity contribution in [1.29, 1.82) is 0 Å². The number of carbonyl (C=O) groups excluding carboxylic acids is 1. The van der Waals surface area contributed by atoms with Gasteiger partial charge in [0, 0.05) is 26.2 Å². The van der Waals surface area contributed by atoms with Gasteiger partial charge >= 0.3 is 12.2 Å². The Labute approximate surface area is 133 Å². The summed E-state index contributed by atoms with van der Waals surface area (Å²) in [6.07, 6.45) is -4.38. The summed E-state index contributed by atoms with van der Waals surface area (Å²) < 4.78 is 64.3. The minimum Gasteiger partial charge on any atom is -0.336 e. The fraction of sp³-hybridized carbons (Fsp3) is 0.923. The van der Waals surface area contributed by atoms with Gasteiger partial charge in [-0.25, -0.2) is 13.2 Å². The van der Waals surface area contributed by atoms with E-state index in [0.29, 0.717) is 13.1 Å². The average Bonchev–Trinajstić information content (AvgIpc) is 2.82. The van der Waals surface area contributed by atoms with Crippen LogP contribution in [0.15, 0.2) is 0 Å². The number of hydrogen-bond acceptors (Lipinski definition) is 3. The molecule has 132 valence electrons. The highest BCUT2D eigenvalue weighted by Crippen LogP contribution is 2.40. The minimum atomic E-state index is -4.24. The molecular weight excluding hydrogens is 335 g/mol. The molecule has 0 aromatic rings. The molecule has 10 heteroatoms. The maximum Gasteiger partial charge on any atom is 0.391 e. The molecule has 0 atom stereocenters. The summed E-state index contributed by atoms with van der Waals surface area (Å²) in [5, 5.41) is 1.94. The number of hydrogen-bond donors (Lipinski definition) is 1. The molecule has 1 saturated carbocycles. The van der Waals surface area contributed by atoms with Crippen LogP contribution in [0.3, 0.4) is 0 Å². The average molecular weight is 355 g/mol. The molecular formula is C13H20F3N3O3S. The first-order chi connectivity index (χ1) is 10.7. The van der Waals surface area contributed by atoms with Crippen molar-refractivity contribution in [3.05, 3.63) is 0 Å². The van der Waals surface area contributed by atoms with Crippen molar-refractivity contribution in [3.63, 3.8) is 0 Å². The summed E-state index contributed by atoms with van der Waals surface area (Å²) >= 11 is 0. The predicted molar refractivity (Wildman–Crippen MR) is 76.2 cm³/mol. The second kappa shape index (κ2) is 5.80. The lowest BCUT2D eigenvalue weighted by Gasteiger charge is -2.44. The number of nitrogens with one attached hydrogen (secondary N) is 1. The van der Waals surface area contributed by atoms with E-state index in [2.05, 4.69) is 5.32 Å². The Morgan fingerprint density at radius 1 is 1.09 bits per heavy atom. The fourth-order valence-electron chi connectivity index (χ4n) is 3.56. The Morgan fingerprint density at radius 3 is 2.17 bits per heavy atom. The van der Waals surface area contributed by atoms with Gasteiger partial charge in [0.15, 0.2) is 0 Å². The van der Waals surface area contributed by atoms with Crippen molar-refractivity contribution < 1.29 is 26.4 Å².